The molecule has 1 aliphatic heterocycles. The van der Waals surface area contributed by atoms with Crippen LogP contribution in [-0.2, 0) is 33.0 Å². The molecule has 33 heavy (non-hydrogen) atoms. The van der Waals surface area contributed by atoms with E-state index in [4.69, 9.17) is 4.74 Å². The number of sulfonamides is 1. The largest absolute Gasteiger partial charge is 0.462 e. The molecule has 1 aliphatic rings. The van der Waals surface area contributed by atoms with Gasteiger partial charge in [-0.15, -0.1) is 0 Å². The number of carbonyl (C=O) groups excluding carboxylic acids is 2. The van der Waals surface area contributed by atoms with E-state index in [9.17, 15) is 18.0 Å². The molecule has 2 aromatic rings. The van der Waals surface area contributed by atoms with Gasteiger partial charge in [0.2, 0.25) is 15.9 Å². The van der Waals surface area contributed by atoms with Crippen LogP contribution in [0.3, 0.4) is 0 Å². The first-order valence-corrected chi connectivity index (χ1v) is 12.8. The highest BCUT2D eigenvalue weighted by atomic mass is 32.2. The molecule has 0 spiro atoms. The smallest absolute Gasteiger partial charge is 0.341 e. The molecule has 0 saturated carbocycles. The number of aromatic nitrogens is 1. The maximum Gasteiger partial charge on any atom is 0.341 e. The second-order valence-corrected chi connectivity index (χ2v) is 10.2. The number of anilines is 1. The molecule has 1 aromatic carbocycles. The molecule has 0 aliphatic carbocycles. The third kappa shape index (κ3) is 4.84. The molecule has 1 unspecified atom stereocenters. The van der Waals surface area contributed by atoms with Crippen molar-refractivity contribution in [2.24, 2.45) is 13.0 Å². The van der Waals surface area contributed by atoms with Crippen LogP contribution in [0.2, 0.25) is 0 Å². The molecule has 2 heterocycles. The highest BCUT2D eigenvalue weighted by Gasteiger charge is 2.39. The SMILES string of the molecule is CCOC(=O)c1c(S(=O)(=O)N2CCCC(C(=O)Nc3ccccc3CC)C2)c(C)n(C)c1C. The van der Waals surface area contributed by atoms with Crippen LogP contribution in [0.25, 0.3) is 0 Å². The van der Waals surface area contributed by atoms with Crippen molar-refractivity contribution in [1.82, 2.24) is 8.87 Å². The van der Waals surface area contributed by atoms with Crippen LogP contribution in [0.15, 0.2) is 29.2 Å². The van der Waals surface area contributed by atoms with Gasteiger partial charge in [-0.1, -0.05) is 25.1 Å². The van der Waals surface area contributed by atoms with Crippen molar-refractivity contribution in [3.63, 3.8) is 0 Å². The molecule has 0 bridgehead atoms. The number of aryl methyl sites for hydroxylation is 1. The van der Waals surface area contributed by atoms with E-state index in [1.165, 1.54) is 4.31 Å². The molecule has 3 rings (SSSR count). The van der Waals surface area contributed by atoms with Crippen LogP contribution in [0.5, 0.6) is 0 Å². The zero-order chi connectivity index (χ0) is 24.3. The Morgan fingerprint density at radius 2 is 1.85 bits per heavy atom. The Morgan fingerprint density at radius 1 is 1.15 bits per heavy atom. The van der Waals surface area contributed by atoms with E-state index in [1.807, 2.05) is 31.2 Å². The molecule has 180 valence electrons. The zero-order valence-corrected chi connectivity index (χ0v) is 20.8. The number of hydrogen-bond donors (Lipinski definition) is 1. The van der Waals surface area contributed by atoms with Crippen LogP contribution >= 0.6 is 0 Å². The first kappa shape index (κ1) is 25.0. The van der Waals surface area contributed by atoms with Crippen molar-refractivity contribution >= 4 is 27.6 Å². The minimum Gasteiger partial charge on any atom is -0.462 e. The first-order valence-electron chi connectivity index (χ1n) is 11.3. The number of ether oxygens (including phenoxy) is 1. The van der Waals surface area contributed by atoms with E-state index in [-0.39, 0.29) is 29.5 Å². The molecule has 1 amide bonds. The molecule has 1 N–H and O–H groups in total. The van der Waals surface area contributed by atoms with E-state index >= 15 is 0 Å². The van der Waals surface area contributed by atoms with Crippen LogP contribution in [0.4, 0.5) is 5.69 Å². The van der Waals surface area contributed by atoms with Gasteiger partial charge in [0.25, 0.3) is 0 Å². The summed E-state index contributed by atoms with van der Waals surface area (Å²) in [6.07, 6.45) is 1.95. The predicted molar refractivity (Wildman–Crippen MR) is 127 cm³/mol. The highest BCUT2D eigenvalue weighted by molar-refractivity contribution is 7.89. The lowest BCUT2D eigenvalue weighted by molar-refractivity contribution is -0.120. The topological polar surface area (TPSA) is 97.7 Å². The molecule has 1 fully saturated rings. The molecule has 1 aromatic heterocycles. The second kappa shape index (κ2) is 10.1. The predicted octanol–water partition coefficient (Wildman–Crippen LogP) is 3.42. The molecule has 8 nitrogen and oxygen atoms in total. The van der Waals surface area contributed by atoms with Gasteiger partial charge in [-0.25, -0.2) is 13.2 Å². The van der Waals surface area contributed by atoms with Gasteiger partial charge in [0.15, 0.2) is 0 Å². The van der Waals surface area contributed by atoms with Crippen LogP contribution < -0.4 is 5.32 Å². The molecule has 1 atom stereocenters. The zero-order valence-electron chi connectivity index (χ0n) is 20.0. The van der Waals surface area contributed by atoms with Gasteiger partial charge in [-0.2, -0.15) is 4.31 Å². The summed E-state index contributed by atoms with van der Waals surface area (Å²) in [6, 6.07) is 7.61. The monoisotopic (exact) mass is 475 g/mol. The van der Waals surface area contributed by atoms with Gasteiger partial charge >= 0.3 is 5.97 Å². The number of amides is 1. The number of carbonyl (C=O) groups is 2. The van der Waals surface area contributed by atoms with Crippen LogP contribution in [0, 0.1) is 19.8 Å². The van der Waals surface area contributed by atoms with Crippen molar-refractivity contribution in [3.05, 3.63) is 46.8 Å². The van der Waals surface area contributed by atoms with Crippen LogP contribution in [0.1, 0.15) is 54.0 Å². The lowest BCUT2D eigenvalue weighted by atomic mass is 9.98. The van der Waals surface area contributed by atoms with E-state index in [0.29, 0.717) is 30.8 Å². The summed E-state index contributed by atoms with van der Waals surface area (Å²) in [4.78, 5) is 25.6. The summed E-state index contributed by atoms with van der Waals surface area (Å²) in [6.45, 7) is 7.60. The summed E-state index contributed by atoms with van der Waals surface area (Å²) in [7, 11) is -2.28. The summed E-state index contributed by atoms with van der Waals surface area (Å²) in [5, 5.41) is 2.98. The number of benzene rings is 1. The molecular formula is C24H33N3O5S. The number of nitrogens with zero attached hydrogens (tertiary/aromatic N) is 2. The average molecular weight is 476 g/mol. The van der Waals surface area contributed by atoms with Gasteiger partial charge in [0.1, 0.15) is 10.5 Å². The fourth-order valence-corrected chi connectivity index (χ4v) is 6.37. The second-order valence-electron chi connectivity index (χ2n) is 8.36. The molecular weight excluding hydrogens is 442 g/mol. The van der Waals surface area contributed by atoms with E-state index in [2.05, 4.69) is 5.32 Å². The maximum atomic E-state index is 13.7. The number of piperidine rings is 1. The third-order valence-electron chi connectivity index (χ3n) is 6.41. The van der Waals surface area contributed by atoms with Gasteiger partial charge in [0.05, 0.1) is 12.5 Å². The summed E-state index contributed by atoms with van der Waals surface area (Å²) >= 11 is 0. The maximum absolute atomic E-state index is 13.7. The highest BCUT2D eigenvalue weighted by Crippen LogP contribution is 2.32. The Hall–Kier alpha value is -2.65. The van der Waals surface area contributed by atoms with Crippen molar-refractivity contribution < 1.29 is 22.7 Å². The number of esters is 1. The quantitative estimate of drug-likeness (QED) is 0.619. The molecule has 0 radical (unpaired) electrons. The Labute approximate surface area is 196 Å². The number of rotatable bonds is 7. The Morgan fingerprint density at radius 3 is 2.52 bits per heavy atom. The third-order valence-corrected chi connectivity index (χ3v) is 8.44. The van der Waals surface area contributed by atoms with Gasteiger partial charge in [-0.3, -0.25) is 4.79 Å². The van der Waals surface area contributed by atoms with Gasteiger partial charge in [0, 0.05) is 37.2 Å². The van der Waals surface area contributed by atoms with E-state index in [0.717, 1.165) is 17.7 Å². The van der Waals surface area contributed by atoms with Crippen molar-refractivity contribution in [2.75, 3.05) is 25.0 Å². The lowest BCUT2D eigenvalue weighted by Gasteiger charge is -2.31. The lowest BCUT2D eigenvalue weighted by Crippen LogP contribution is -2.44. The fourth-order valence-electron chi connectivity index (χ4n) is 4.37. The summed E-state index contributed by atoms with van der Waals surface area (Å²) in [5.74, 6) is -1.32. The fraction of sp³-hybridized carbons (Fsp3) is 0.500. The standard InChI is InChI=1S/C24H33N3O5S/c1-6-18-11-8-9-13-20(18)25-23(28)19-12-10-14-27(15-19)33(30,31)22-17(4)26(5)16(3)21(22)24(29)32-7-2/h8-9,11,13,19H,6-7,10,12,14-15H2,1-5H3,(H,25,28). The Bertz CT molecular complexity index is 1150. The summed E-state index contributed by atoms with van der Waals surface area (Å²) < 4.78 is 35.6. The molecule has 1 saturated heterocycles. The first-order chi connectivity index (χ1) is 15.6. The summed E-state index contributed by atoms with van der Waals surface area (Å²) in [5.41, 5.74) is 2.86. The number of hydrogen-bond acceptors (Lipinski definition) is 5. The minimum atomic E-state index is -4.01. The average Bonchev–Trinajstić information content (AvgIpc) is 3.04. The number of para-hydroxylation sites is 1. The van der Waals surface area contributed by atoms with Gasteiger partial charge in [-0.05, 0) is 51.7 Å². The Kier molecular flexibility index (Phi) is 7.64. The number of nitrogens with one attached hydrogen (secondary N) is 1. The minimum absolute atomic E-state index is 0.0293. The van der Waals surface area contributed by atoms with Crippen LogP contribution in [-0.4, -0.2) is 48.9 Å². The Balaban J connectivity index is 1.89. The normalized spacial score (nSPS) is 17.1. The van der Waals surface area contributed by atoms with Crippen molar-refractivity contribution in [3.8, 4) is 0 Å². The van der Waals surface area contributed by atoms with E-state index in [1.54, 1.807) is 32.4 Å². The van der Waals surface area contributed by atoms with Crippen molar-refractivity contribution in [2.45, 2.75) is 51.9 Å². The van der Waals surface area contributed by atoms with E-state index < -0.39 is 21.9 Å². The van der Waals surface area contributed by atoms with Crippen molar-refractivity contribution in [1.29, 1.82) is 0 Å². The molecule has 9 heteroatoms. The van der Waals surface area contributed by atoms with Gasteiger partial charge < -0.3 is 14.6 Å².